The summed E-state index contributed by atoms with van der Waals surface area (Å²) in [6.45, 7) is 0. The van der Waals surface area contributed by atoms with Gasteiger partial charge in [0.05, 0.1) is 4.88 Å². The Morgan fingerprint density at radius 3 is 2.41 bits per heavy atom. The standard InChI is InChI=1S/C11H9NO3S2/c13-10(8-4-2-6-17-8)12-9(11(14)15)7-3-1-5-16-7/h1-6,9H,(H,12,13)(H,14,15). The average molecular weight is 267 g/mol. The van der Waals surface area contributed by atoms with E-state index in [0.29, 0.717) is 9.75 Å². The van der Waals surface area contributed by atoms with Crippen molar-refractivity contribution in [1.82, 2.24) is 5.32 Å². The highest BCUT2D eigenvalue weighted by molar-refractivity contribution is 7.12. The quantitative estimate of drug-likeness (QED) is 0.893. The van der Waals surface area contributed by atoms with Gasteiger partial charge in [0.25, 0.3) is 5.91 Å². The number of carbonyl (C=O) groups excluding carboxylic acids is 1. The maximum Gasteiger partial charge on any atom is 0.331 e. The minimum Gasteiger partial charge on any atom is -0.479 e. The molecule has 0 bridgehead atoms. The van der Waals surface area contributed by atoms with Gasteiger partial charge in [-0.15, -0.1) is 22.7 Å². The molecule has 1 atom stereocenters. The second-order valence-electron chi connectivity index (χ2n) is 3.24. The minimum atomic E-state index is -1.06. The third kappa shape index (κ3) is 2.72. The van der Waals surface area contributed by atoms with Crippen molar-refractivity contribution in [2.45, 2.75) is 6.04 Å². The van der Waals surface area contributed by atoms with E-state index in [9.17, 15) is 9.59 Å². The van der Waals surface area contributed by atoms with Crippen LogP contribution in [0, 0.1) is 0 Å². The molecule has 0 saturated carbocycles. The zero-order valence-electron chi connectivity index (χ0n) is 8.62. The van der Waals surface area contributed by atoms with Gasteiger partial charge in [-0.3, -0.25) is 4.79 Å². The van der Waals surface area contributed by atoms with Gasteiger partial charge in [0.15, 0.2) is 6.04 Å². The fourth-order valence-electron chi connectivity index (χ4n) is 1.32. The lowest BCUT2D eigenvalue weighted by Gasteiger charge is -2.11. The summed E-state index contributed by atoms with van der Waals surface area (Å²) in [5, 5.41) is 15.1. The number of aliphatic carboxylic acids is 1. The zero-order chi connectivity index (χ0) is 12.3. The summed E-state index contributed by atoms with van der Waals surface area (Å²) >= 11 is 2.59. The summed E-state index contributed by atoms with van der Waals surface area (Å²) < 4.78 is 0. The molecule has 6 heteroatoms. The minimum absolute atomic E-state index is 0.360. The fraction of sp³-hybridized carbons (Fsp3) is 0.0909. The van der Waals surface area contributed by atoms with Crippen molar-refractivity contribution in [1.29, 1.82) is 0 Å². The van der Waals surface area contributed by atoms with Crippen LogP contribution in [0.2, 0.25) is 0 Å². The van der Waals surface area contributed by atoms with Gasteiger partial charge in [-0.1, -0.05) is 12.1 Å². The summed E-state index contributed by atoms with van der Waals surface area (Å²) in [6.07, 6.45) is 0. The molecule has 1 amide bonds. The lowest BCUT2D eigenvalue weighted by atomic mass is 10.2. The highest BCUT2D eigenvalue weighted by Crippen LogP contribution is 2.20. The molecule has 88 valence electrons. The Kier molecular flexibility index (Phi) is 3.55. The van der Waals surface area contributed by atoms with E-state index in [0.717, 1.165) is 0 Å². The zero-order valence-corrected chi connectivity index (χ0v) is 10.3. The van der Waals surface area contributed by atoms with Gasteiger partial charge in [0.2, 0.25) is 0 Å². The molecule has 2 aromatic heterocycles. The van der Waals surface area contributed by atoms with Gasteiger partial charge in [0, 0.05) is 4.88 Å². The van der Waals surface area contributed by atoms with E-state index in [4.69, 9.17) is 5.11 Å². The van der Waals surface area contributed by atoms with Crippen LogP contribution in [0.1, 0.15) is 20.6 Å². The molecule has 2 N–H and O–H groups in total. The van der Waals surface area contributed by atoms with Crippen LogP contribution in [0.5, 0.6) is 0 Å². The molecule has 2 heterocycles. The van der Waals surface area contributed by atoms with Crippen LogP contribution in [0.4, 0.5) is 0 Å². The van der Waals surface area contributed by atoms with Crippen molar-refractivity contribution in [2.24, 2.45) is 0 Å². The Morgan fingerprint density at radius 2 is 1.88 bits per heavy atom. The van der Waals surface area contributed by atoms with E-state index in [-0.39, 0.29) is 5.91 Å². The molecule has 0 fully saturated rings. The van der Waals surface area contributed by atoms with Crippen LogP contribution in [-0.4, -0.2) is 17.0 Å². The molecule has 2 aromatic rings. The summed E-state index contributed by atoms with van der Waals surface area (Å²) in [6, 6.07) is 5.88. The predicted octanol–water partition coefficient (Wildman–Crippen LogP) is 2.37. The molecule has 1 unspecified atom stereocenters. The summed E-state index contributed by atoms with van der Waals surface area (Å²) in [5.41, 5.74) is 0. The molecule has 0 aliphatic rings. The van der Waals surface area contributed by atoms with Gasteiger partial charge in [0.1, 0.15) is 0 Å². The molecular weight excluding hydrogens is 258 g/mol. The number of hydrogen-bond acceptors (Lipinski definition) is 4. The van der Waals surface area contributed by atoms with E-state index in [1.807, 2.05) is 0 Å². The number of hydrogen-bond donors (Lipinski definition) is 2. The third-order valence-corrected chi connectivity index (χ3v) is 3.90. The van der Waals surface area contributed by atoms with Crippen LogP contribution in [0.15, 0.2) is 35.0 Å². The van der Waals surface area contributed by atoms with Gasteiger partial charge >= 0.3 is 5.97 Å². The second-order valence-corrected chi connectivity index (χ2v) is 5.16. The summed E-state index contributed by atoms with van der Waals surface area (Å²) in [4.78, 5) is 24.0. The fourth-order valence-corrected chi connectivity index (χ4v) is 2.71. The molecule has 0 radical (unpaired) electrons. The number of rotatable bonds is 4. The van der Waals surface area contributed by atoms with Crippen molar-refractivity contribution >= 4 is 34.6 Å². The highest BCUT2D eigenvalue weighted by atomic mass is 32.1. The van der Waals surface area contributed by atoms with E-state index >= 15 is 0 Å². The molecule has 0 aliphatic carbocycles. The van der Waals surface area contributed by atoms with Gasteiger partial charge < -0.3 is 10.4 Å². The Balaban J connectivity index is 2.14. The second kappa shape index (κ2) is 5.11. The summed E-state index contributed by atoms with van der Waals surface area (Å²) in [5.74, 6) is -1.42. The van der Waals surface area contributed by atoms with Crippen LogP contribution >= 0.6 is 22.7 Å². The number of amides is 1. The Morgan fingerprint density at radius 1 is 1.18 bits per heavy atom. The smallest absolute Gasteiger partial charge is 0.331 e. The van der Waals surface area contributed by atoms with E-state index < -0.39 is 12.0 Å². The van der Waals surface area contributed by atoms with Gasteiger partial charge in [-0.05, 0) is 22.9 Å². The van der Waals surface area contributed by atoms with Gasteiger partial charge in [-0.2, -0.15) is 0 Å². The van der Waals surface area contributed by atoms with Crippen LogP contribution in [0.3, 0.4) is 0 Å². The average Bonchev–Trinajstić information content (AvgIpc) is 2.97. The number of carboxylic acids is 1. The van der Waals surface area contributed by atoms with E-state index in [1.54, 1.807) is 35.0 Å². The van der Waals surface area contributed by atoms with Crippen molar-refractivity contribution in [3.8, 4) is 0 Å². The topological polar surface area (TPSA) is 66.4 Å². The molecule has 4 nitrogen and oxygen atoms in total. The molecule has 17 heavy (non-hydrogen) atoms. The number of carbonyl (C=O) groups is 2. The van der Waals surface area contributed by atoms with Crippen LogP contribution < -0.4 is 5.32 Å². The molecular formula is C11H9NO3S2. The monoisotopic (exact) mass is 267 g/mol. The largest absolute Gasteiger partial charge is 0.479 e. The number of nitrogens with one attached hydrogen (secondary N) is 1. The normalized spacial score (nSPS) is 12.0. The number of carboxylic acid groups (broad SMARTS) is 1. The first-order chi connectivity index (χ1) is 8.18. The first-order valence-electron chi connectivity index (χ1n) is 4.79. The Bertz CT molecular complexity index is 505. The Labute approximate surface area is 106 Å². The highest BCUT2D eigenvalue weighted by Gasteiger charge is 2.23. The SMILES string of the molecule is O=C(NC(C(=O)O)c1cccs1)c1cccs1. The lowest BCUT2D eigenvalue weighted by molar-refractivity contribution is -0.139. The first-order valence-corrected chi connectivity index (χ1v) is 6.55. The summed E-state index contributed by atoms with van der Waals surface area (Å²) in [7, 11) is 0. The maximum atomic E-state index is 11.8. The van der Waals surface area contributed by atoms with E-state index in [1.165, 1.54) is 22.7 Å². The molecule has 0 spiro atoms. The van der Waals surface area contributed by atoms with E-state index in [2.05, 4.69) is 5.32 Å². The van der Waals surface area contributed by atoms with Crippen molar-refractivity contribution in [3.63, 3.8) is 0 Å². The molecule has 0 aliphatic heterocycles. The maximum absolute atomic E-state index is 11.8. The van der Waals surface area contributed by atoms with Crippen LogP contribution in [0.25, 0.3) is 0 Å². The first kappa shape index (κ1) is 11.8. The predicted molar refractivity (Wildman–Crippen MR) is 66.5 cm³/mol. The van der Waals surface area contributed by atoms with Gasteiger partial charge in [-0.25, -0.2) is 4.79 Å². The molecule has 2 rings (SSSR count). The number of thiophene rings is 2. The van der Waals surface area contributed by atoms with Crippen molar-refractivity contribution in [2.75, 3.05) is 0 Å². The van der Waals surface area contributed by atoms with Crippen molar-refractivity contribution in [3.05, 3.63) is 44.8 Å². The third-order valence-electron chi connectivity index (χ3n) is 2.10. The Hall–Kier alpha value is -1.66. The molecule has 0 saturated heterocycles. The molecule has 0 aromatic carbocycles. The lowest BCUT2D eigenvalue weighted by Crippen LogP contribution is -2.32. The van der Waals surface area contributed by atoms with Crippen molar-refractivity contribution < 1.29 is 14.7 Å². The van der Waals surface area contributed by atoms with Crippen LogP contribution in [-0.2, 0) is 4.79 Å².